The number of ether oxygens (including phenoxy) is 2. The van der Waals surface area contributed by atoms with Gasteiger partial charge in [-0.3, -0.25) is 9.69 Å². The van der Waals surface area contributed by atoms with Crippen LogP contribution in [0.15, 0.2) is 72.3 Å². The molecule has 0 spiro atoms. The van der Waals surface area contributed by atoms with Gasteiger partial charge in [0.05, 0.1) is 19.9 Å². The third-order valence-electron chi connectivity index (χ3n) is 5.25. The minimum atomic E-state index is -0.0923. The number of amides is 1. The molecule has 1 amide bonds. The van der Waals surface area contributed by atoms with Crippen molar-refractivity contribution in [3.8, 4) is 11.5 Å². The number of hydrogen-bond donors (Lipinski definition) is 0. The van der Waals surface area contributed by atoms with Crippen LogP contribution in [0.3, 0.4) is 0 Å². The Labute approximate surface area is 206 Å². The van der Waals surface area contributed by atoms with Gasteiger partial charge in [-0.2, -0.15) is 0 Å². The van der Waals surface area contributed by atoms with Crippen LogP contribution in [0.2, 0.25) is 5.02 Å². The summed E-state index contributed by atoms with van der Waals surface area (Å²) in [6, 6.07) is 19.1. The number of carbonyl (C=O) groups is 1. The second kappa shape index (κ2) is 9.38. The van der Waals surface area contributed by atoms with Gasteiger partial charge < -0.3 is 9.47 Å². The van der Waals surface area contributed by atoms with E-state index in [0.717, 1.165) is 31.6 Å². The minimum Gasteiger partial charge on any atom is -0.493 e. The highest BCUT2D eigenvalue weighted by Crippen LogP contribution is 2.37. The van der Waals surface area contributed by atoms with Crippen LogP contribution in [0.4, 0.5) is 5.69 Å². The maximum Gasteiger partial charge on any atom is 0.262 e. The maximum atomic E-state index is 13.6. The fourth-order valence-corrected chi connectivity index (χ4v) is 4.06. The van der Waals surface area contributed by atoms with Gasteiger partial charge in [0.25, 0.3) is 5.91 Å². The first-order valence-corrected chi connectivity index (χ1v) is 11.4. The molecule has 3 aromatic rings. The van der Waals surface area contributed by atoms with Crippen LogP contribution in [-0.4, -0.2) is 20.1 Å². The number of hydrogen-bond acceptors (Lipinski definition) is 3. The van der Waals surface area contributed by atoms with Crippen molar-refractivity contribution in [3.63, 3.8) is 0 Å². The zero-order chi connectivity index (χ0) is 22.8. The molecule has 0 aliphatic carbocycles. The number of methoxy groups -OCH3 is 2. The molecular weight excluding hydrogens is 537 g/mol. The fraction of sp³-hybridized carbons (Fsp3) is 0.115. The highest BCUT2D eigenvalue weighted by Gasteiger charge is 2.30. The summed E-state index contributed by atoms with van der Waals surface area (Å²) >= 11 is 8.39. The van der Waals surface area contributed by atoms with Crippen LogP contribution in [0, 0.1) is 10.5 Å². The molecule has 0 fully saturated rings. The Bertz CT molecular complexity index is 1250. The first kappa shape index (κ1) is 22.4. The summed E-state index contributed by atoms with van der Waals surface area (Å²) in [6.07, 6.45) is 3.77. The lowest BCUT2D eigenvalue weighted by Gasteiger charge is -2.21. The number of carbonyl (C=O) groups excluding carboxylic acids is 1. The van der Waals surface area contributed by atoms with Gasteiger partial charge in [0.1, 0.15) is 0 Å². The van der Waals surface area contributed by atoms with E-state index in [4.69, 9.17) is 21.1 Å². The summed E-state index contributed by atoms with van der Waals surface area (Å²) in [5.41, 5.74) is 5.08. The van der Waals surface area contributed by atoms with E-state index in [-0.39, 0.29) is 5.91 Å². The van der Waals surface area contributed by atoms with Crippen LogP contribution in [0.25, 0.3) is 11.8 Å². The van der Waals surface area contributed by atoms with Gasteiger partial charge in [0, 0.05) is 19.9 Å². The molecule has 0 atom stereocenters. The van der Waals surface area contributed by atoms with Crippen molar-refractivity contribution >= 4 is 57.6 Å². The molecule has 0 bridgehead atoms. The lowest BCUT2D eigenvalue weighted by Crippen LogP contribution is -2.25. The van der Waals surface area contributed by atoms with Crippen molar-refractivity contribution in [1.29, 1.82) is 0 Å². The number of rotatable bonds is 5. The Kier molecular flexibility index (Phi) is 6.58. The van der Waals surface area contributed by atoms with Crippen molar-refractivity contribution in [2.24, 2.45) is 0 Å². The van der Waals surface area contributed by atoms with Crippen LogP contribution in [0.1, 0.15) is 16.7 Å². The molecule has 6 heteroatoms. The molecule has 4 nitrogen and oxygen atoms in total. The summed E-state index contributed by atoms with van der Waals surface area (Å²) in [5.74, 6) is 1.16. The van der Waals surface area contributed by atoms with Gasteiger partial charge >= 0.3 is 0 Å². The summed E-state index contributed by atoms with van der Waals surface area (Å²) < 4.78 is 11.9. The number of anilines is 1. The Morgan fingerprint density at radius 1 is 0.938 bits per heavy atom. The quantitative estimate of drug-likeness (QED) is 0.258. The maximum absolute atomic E-state index is 13.6. The number of halogens is 2. The van der Waals surface area contributed by atoms with E-state index in [0.29, 0.717) is 22.1 Å². The summed E-state index contributed by atoms with van der Waals surface area (Å²) in [4.78, 5) is 15.3. The van der Waals surface area contributed by atoms with E-state index in [1.807, 2.05) is 79.7 Å². The average molecular weight is 558 g/mol. The molecule has 4 rings (SSSR count). The Morgan fingerprint density at radius 3 is 2.31 bits per heavy atom. The molecule has 1 heterocycles. The average Bonchev–Trinajstić information content (AvgIpc) is 3.12. The largest absolute Gasteiger partial charge is 0.493 e. The number of aryl methyl sites for hydroxylation is 1. The third-order valence-corrected chi connectivity index (χ3v) is 6.71. The highest BCUT2D eigenvalue weighted by atomic mass is 127. The minimum absolute atomic E-state index is 0.0923. The van der Waals surface area contributed by atoms with Gasteiger partial charge in [0.15, 0.2) is 11.5 Å². The molecule has 0 radical (unpaired) electrons. The number of benzene rings is 3. The first-order chi connectivity index (χ1) is 15.4. The molecular formula is C26H21ClINO3. The SMILES string of the molecule is COc1ccc(/C=C2\C=C(c3ccc(Cl)cc3)N(c3ccc(I)c(C)c3)C2=O)cc1OC. The fourth-order valence-electron chi connectivity index (χ4n) is 3.60. The van der Waals surface area contributed by atoms with E-state index >= 15 is 0 Å². The van der Waals surface area contributed by atoms with E-state index < -0.39 is 0 Å². The second-order valence-corrected chi connectivity index (χ2v) is 8.92. The van der Waals surface area contributed by atoms with Crippen LogP contribution in [0.5, 0.6) is 11.5 Å². The normalized spacial score (nSPS) is 14.7. The van der Waals surface area contributed by atoms with Crippen molar-refractivity contribution < 1.29 is 14.3 Å². The molecule has 0 saturated carbocycles. The van der Waals surface area contributed by atoms with E-state index in [1.165, 1.54) is 0 Å². The standard InChI is InChI=1S/C26H21ClINO3/c1-16-12-21(9-10-22(16)28)29-23(18-5-7-20(27)8-6-18)15-19(26(29)30)13-17-4-11-24(31-2)25(14-17)32-3/h4-15H,1-3H3/b19-13+. The lowest BCUT2D eigenvalue weighted by atomic mass is 10.1. The van der Waals surface area contributed by atoms with Crippen molar-refractivity contribution in [2.75, 3.05) is 19.1 Å². The molecule has 32 heavy (non-hydrogen) atoms. The molecule has 1 aliphatic rings. The molecule has 1 aliphatic heterocycles. The molecule has 162 valence electrons. The zero-order valence-electron chi connectivity index (χ0n) is 17.9. The summed E-state index contributed by atoms with van der Waals surface area (Å²) in [7, 11) is 3.19. The van der Waals surface area contributed by atoms with Gasteiger partial charge in [-0.25, -0.2) is 0 Å². The predicted octanol–water partition coefficient (Wildman–Crippen LogP) is 6.74. The number of nitrogens with zero attached hydrogens (tertiary/aromatic N) is 1. The van der Waals surface area contributed by atoms with Gasteiger partial charge in [-0.05, 0) is 101 Å². The van der Waals surface area contributed by atoms with Gasteiger partial charge in [-0.15, -0.1) is 0 Å². The van der Waals surface area contributed by atoms with E-state index in [1.54, 1.807) is 19.1 Å². The molecule has 0 unspecified atom stereocenters. The van der Waals surface area contributed by atoms with E-state index in [9.17, 15) is 4.79 Å². The van der Waals surface area contributed by atoms with Gasteiger partial charge in [-0.1, -0.05) is 29.8 Å². The van der Waals surface area contributed by atoms with E-state index in [2.05, 4.69) is 22.6 Å². The van der Waals surface area contributed by atoms with Crippen molar-refractivity contribution in [3.05, 3.63) is 97.6 Å². The predicted molar refractivity (Wildman–Crippen MR) is 138 cm³/mol. The topological polar surface area (TPSA) is 38.8 Å². The van der Waals surface area contributed by atoms with Gasteiger partial charge in [0.2, 0.25) is 0 Å². The Hall–Kier alpha value is -2.77. The van der Waals surface area contributed by atoms with Crippen LogP contribution < -0.4 is 14.4 Å². The van der Waals surface area contributed by atoms with Crippen molar-refractivity contribution in [1.82, 2.24) is 0 Å². The second-order valence-electron chi connectivity index (χ2n) is 7.32. The van der Waals surface area contributed by atoms with Crippen LogP contribution >= 0.6 is 34.2 Å². The van der Waals surface area contributed by atoms with Crippen LogP contribution in [-0.2, 0) is 4.79 Å². The monoisotopic (exact) mass is 557 g/mol. The van der Waals surface area contributed by atoms with Crippen molar-refractivity contribution in [2.45, 2.75) is 6.92 Å². The first-order valence-electron chi connectivity index (χ1n) is 9.93. The summed E-state index contributed by atoms with van der Waals surface area (Å²) in [5, 5.41) is 0.649. The summed E-state index contributed by atoms with van der Waals surface area (Å²) in [6.45, 7) is 2.04. The third kappa shape index (κ3) is 4.40. The molecule has 0 aromatic heterocycles. The molecule has 3 aromatic carbocycles. The smallest absolute Gasteiger partial charge is 0.262 e. The Balaban J connectivity index is 1.82. The Morgan fingerprint density at radius 2 is 1.66 bits per heavy atom. The highest BCUT2D eigenvalue weighted by molar-refractivity contribution is 14.1. The zero-order valence-corrected chi connectivity index (χ0v) is 20.8. The molecule has 0 N–H and O–H groups in total. The molecule has 0 saturated heterocycles. The lowest BCUT2D eigenvalue weighted by molar-refractivity contribution is -0.113.